The SMILES string of the molecule is C/C=C/c1c[nH]c(C)[n+]1C.F[P-](F)(F)(F)(F)F. The van der Waals surface area contributed by atoms with E-state index in [1.807, 2.05) is 33.2 Å². The molecular weight excluding hydrogens is 269 g/mol. The molecule has 0 saturated heterocycles. The van der Waals surface area contributed by atoms with Crippen LogP contribution < -0.4 is 4.57 Å². The molecule has 0 bridgehead atoms. The fourth-order valence-electron chi connectivity index (χ4n) is 0.896. The molecule has 1 aromatic heterocycles. The van der Waals surface area contributed by atoms with Crippen LogP contribution in [0.1, 0.15) is 18.4 Å². The van der Waals surface area contributed by atoms with Crippen LogP contribution in [0.15, 0.2) is 12.3 Å². The molecule has 0 radical (unpaired) electrons. The number of H-pyrrole nitrogens is 1. The average Bonchev–Trinajstić information content (AvgIpc) is 2.31. The van der Waals surface area contributed by atoms with Crippen LogP contribution in [0.2, 0.25) is 0 Å². The molecule has 0 saturated carbocycles. The molecule has 0 atom stereocenters. The van der Waals surface area contributed by atoms with E-state index >= 15 is 0 Å². The summed E-state index contributed by atoms with van der Waals surface area (Å²) >= 11 is 0. The van der Waals surface area contributed by atoms with Gasteiger partial charge < -0.3 is 0 Å². The first-order valence-electron chi connectivity index (χ1n) is 4.44. The number of halogens is 6. The van der Waals surface area contributed by atoms with E-state index in [2.05, 4.69) is 15.6 Å². The number of nitrogens with zero attached hydrogens (tertiary/aromatic N) is 1. The number of rotatable bonds is 1. The van der Waals surface area contributed by atoms with E-state index in [0.29, 0.717) is 0 Å². The zero-order chi connectivity index (χ0) is 14.0. The zero-order valence-electron chi connectivity index (χ0n) is 9.39. The van der Waals surface area contributed by atoms with Gasteiger partial charge in [0.1, 0.15) is 6.20 Å². The van der Waals surface area contributed by atoms with Crippen LogP contribution in [0, 0.1) is 6.92 Å². The molecule has 0 aliphatic rings. The van der Waals surface area contributed by atoms with Crippen molar-refractivity contribution in [3.63, 3.8) is 0 Å². The molecule has 0 fully saturated rings. The van der Waals surface area contributed by atoms with Gasteiger partial charge >= 0.3 is 33.0 Å². The second-order valence-electron chi connectivity index (χ2n) is 3.32. The van der Waals surface area contributed by atoms with E-state index in [1.165, 1.54) is 11.5 Å². The Balaban J connectivity index is 0.000000325. The molecule has 102 valence electrons. The summed E-state index contributed by atoms with van der Waals surface area (Å²) in [5.41, 5.74) is 1.21. The molecule has 0 amide bonds. The monoisotopic (exact) mass is 282 g/mol. The number of hydrogen-bond acceptors (Lipinski definition) is 0. The van der Waals surface area contributed by atoms with Gasteiger partial charge in [-0.1, -0.05) is 6.08 Å². The normalized spacial score (nSPS) is 16.1. The molecule has 1 aromatic rings. The number of hydrogen-bond donors (Lipinski definition) is 1. The average molecular weight is 282 g/mol. The zero-order valence-corrected chi connectivity index (χ0v) is 10.3. The fourth-order valence-corrected chi connectivity index (χ4v) is 0.896. The van der Waals surface area contributed by atoms with E-state index in [4.69, 9.17) is 0 Å². The second kappa shape index (κ2) is 4.01. The summed E-state index contributed by atoms with van der Waals surface area (Å²) in [6.07, 6.45) is 6.10. The maximum absolute atomic E-state index is 10.7. The quantitative estimate of drug-likeness (QED) is 0.442. The van der Waals surface area contributed by atoms with Gasteiger partial charge in [-0.25, -0.2) is 9.55 Å². The van der Waals surface area contributed by atoms with Gasteiger partial charge in [0, 0.05) is 6.92 Å². The summed E-state index contributed by atoms with van der Waals surface area (Å²) in [6, 6.07) is 0. The Hall–Kier alpha value is -1.04. The van der Waals surface area contributed by atoms with Crippen LogP contribution in [-0.2, 0) is 7.05 Å². The predicted molar refractivity (Wildman–Crippen MR) is 55.0 cm³/mol. The Morgan fingerprint density at radius 1 is 1.18 bits per heavy atom. The standard InChI is InChI=1S/C8H12N2.F6P/c1-4-5-8-6-9-7(2)10(8)3;1-7(2,3,4,5)6/h4-6H,1-3H3;/q;-1/p+1/b5-4+;. The van der Waals surface area contributed by atoms with Gasteiger partial charge in [-0.05, 0) is 13.0 Å². The molecule has 1 rings (SSSR count). The van der Waals surface area contributed by atoms with Crippen molar-refractivity contribution in [2.75, 3.05) is 0 Å². The molecule has 0 unspecified atom stereocenters. The molecule has 1 heterocycles. The molecule has 0 spiro atoms. The number of nitrogens with one attached hydrogen (secondary N) is 1. The minimum atomic E-state index is -10.7. The van der Waals surface area contributed by atoms with Crippen LogP contribution in [0.3, 0.4) is 0 Å². The van der Waals surface area contributed by atoms with Gasteiger partial charge in [-0.2, -0.15) is 0 Å². The van der Waals surface area contributed by atoms with Crippen LogP contribution in [0.5, 0.6) is 0 Å². The van der Waals surface area contributed by atoms with Crippen molar-refractivity contribution in [2.45, 2.75) is 13.8 Å². The summed E-state index contributed by atoms with van der Waals surface area (Å²) in [4.78, 5) is 3.13. The molecule has 1 N–H and O–H groups in total. The summed E-state index contributed by atoms with van der Waals surface area (Å²) in [5.74, 6) is 1.17. The molecule has 2 nitrogen and oxygen atoms in total. The Morgan fingerprint density at radius 3 is 1.82 bits per heavy atom. The van der Waals surface area contributed by atoms with Crippen molar-refractivity contribution >= 4 is 13.9 Å². The number of aryl methyl sites for hydroxylation is 1. The van der Waals surface area contributed by atoms with E-state index in [9.17, 15) is 25.2 Å². The third-order valence-corrected chi connectivity index (χ3v) is 1.66. The van der Waals surface area contributed by atoms with E-state index in [1.54, 1.807) is 0 Å². The van der Waals surface area contributed by atoms with Crippen LogP contribution >= 0.6 is 7.81 Å². The Kier molecular flexibility index (Phi) is 3.77. The fraction of sp³-hybridized carbons (Fsp3) is 0.375. The number of imidazole rings is 1. The first kappa shape index (κ1) is 16.0. The third kappa shape index (κ3) is 11.2. The van der Waals surface area contributed by atoms with E-state index < -0.39 is 7.81 Å². The number of allylic oxidation sites excluding steroid dienone is 1. The number of aromatic amines is 1. The molecule has 0 aliphatic carbocycles. The van der Waals surface area contributed by atoms with Gasteiger partial charge in [0.25, 0.3) is 5.82 Å². The summed E-state index contributed by atoms with van der Waals surface area (Å²) < 4.78 is 61.3. The van der Waals surface area contributed by atoms with Crippen LogP contribution in [0.4, 0.5) is 25.2 Å². The minimum absolute atomic E-state index is 1.17. The van der Waals surface area contributed by atoms with Crippen LogP contribution in [0.25, 0.3) is 6.08 Å². The van der Waals surface area contributed by atoms with Gasteiger partial charge in [0.15, 0.2) is 5.69 Å². The topological polar surface area (TPSA) is 19.7 Å². The van der Waals surface area contributed by atoms with Crippen molar-refractivity contribution in [1.82, 2.24) is 4.98 Å². The summed E-state index contributed by atoms with van der Waals surface area (Å²) in [7, 11) is -8.61. The Morgan fingerprint density at radius 2 is 1.59 bits per heavy atom. The van der Waals surface area contributed by atoms with Crippen molar-refractivity contribution in [2.24, 2.45) is 7.05 Å². The Labute approximate surface area is 94.2 Å². The van der Waals surface area contributed by atoms with Crippen molar-refractivity contribution in [3.05, 3.63) is 23.8 Å². The van der Waals surface area contributed by atoms with Crippen molar-refractivity contribution in [3.8, 4) is 0 Å². The van der Waals surface area contributed by atoms with Crippen molar-refractivity contribution < 1.29 is 29.7 Å². The maximum atomic E-state index is 9.87. The van der Waals surface area contributed by atoms with Gasteiger partial charge in [-0.15, -0.1) is 0 Å². The predicted octanol–water partition coefficient (Wildman–Crippen LogP) is 4.56. The van der Waals surface area contributed by atoms with Gasteiger partial charge in [-0.3, -0.25) is 0 Å². The third-order valence-electron chi connectivity index (χ3n) is 1.66. The Bertz CT molecular complexity index is 404. The first-order valence-corrected chi connectivity index (χ1v) is 6.46. The van der Waals surface area contributed by atoms with E-state index in [0.717, 1.165) is 0 Å². The molecule has 17 heavy (non-hydrogen) atoms. The molecule has 9 heteroatoms. The van der Waals surface area contributed by atoms with Gasteiger partial charge in [0.2, 0.25) is 0 Å². The molecular formula is C8H13F6N2P. The summed E-state index contributed by atoms with van der Waals surface area (Å²) in [6.45, 7) is 4.06. The number of aromatic nitrogens is 2. The molecule has 0 aromatic carbocycles. The van der Waals surface area contributed by atoms with Gasteiger partial charge in [0.05, 0.1) is 7.05 Å². The van der Waals surface area contributed by atoms with Crippen molar-refractivity contribution in [1.29, 1.82) is 0 Å². The van der Waals surface area contributed by atoms with Crippen LogP contribution in [-0.4, -0.2) is 4.98 Å². The summed E-state index contributed by atoms with van der Waals surface area (Å²) in [5, 5.41) is 0. The molecule has 0 aliphatic heterocycles. The first-order chi connectivity index (χ1) is 7.20. The van der Waals surface area contributed by atoms with E-state index in [-0.39, 0.29) is 0 Å². The second-order valence-corrected chi connectivity index (χ2v) is 5.23.